The second kappa shape index (κ2) is 51.7. The summed E-state index contributed by atoms with van der Waals surface area (Å²) in [6, 6.07) is 68.8. The molecule has 0 radical (unpaired) electrons. The maximum absolute atomic E-state index is 12.2. The Labute approximate surface area is 936 Å². The van der Waals surface area contributed by atoms with Crippen LogP contribution in [0, 0.1) is 59.3 Å². The van der Waals surface area contributed by atoms with Crippen molar-refractivity contribution >= 4 is 21.5 Å². The van der Waals surface area contributed by atoms with Crippen molar-refractivity contribution in [2.24, 2.45) is 10.8 Å². The average molecular weight is 2900 g/mol. The Morgan fingerprint density at radius 1 is 0.247 bits per heavy atom. The minimum absolute atomic E-state index is 0. The molecule has 0 N–H and O–H groups in total. The maximum Gasteiger partial charge on any atom is 2.00 e. The van der Waals surface area contributed by atoms with Crippen molar-refractivity contribution in [2.75, 3.05) is 0 Å². The van der Waals surface area contributed by atoms with Crippen molar-refractivity contribution in [3.05, 3.63) is 373 Å². The molecule has 0 saturated heterocycles. The molecule has 2 aromatic carbocycles. The summed E-state index contributed by atoms with van der Waals surface area (Å²) in [6.07, 6.45) is 24.5. The fourth-order valence-electron chi connectivity index (χ4n) is 17.9. The molecule has 4 atom stereocenters. The van der Waals surface area contributed by atoms with Gasteiger partial charge in [-0.05, 0) is 210 Å². The van der Waals surface area contributed by atoms with Crippen LogP contribution in [0.4, 0.5) is 13.2 Å². The van der Waals surface area contributed by atoms with E-state index in [1.165, 1.54) is 75.9 Å². The largest absolute Gasteiger partial charge is 2.00 e. The van der Waals surface area contributed by atoms with Gasteiger partial charge in [-0.1, -0.05) is 226 Å². The third-order valence-electron chi connectivity index (χ3n) is 26.1. The van der Waals surface area contributed by atoms with E-state index in [0.717, 1.165) is 148 Å². The minimum Gasteiger partial charge on any atom is -0.574 e. The molecule has 4 aliphatic rings. The van der Waals surface area contributed by atoms with E-state index in [1.807, 2.05) is 206 Å². The van der Waals surface area contributed by atoms with Crippen LogP contribution in [0.25, 0.3) is 135 Å². The van der Waals surface area contributed by atoms with E-state index < -0.39 is 11.9 Å². The minimum atomic E-state index is -4.46. The molecule has 20 heterocycles. The zero-order valence-corrected chi connectivity index (χ0v) is 94.7. The number of benzene rings is 2. The van der Waals surface area contributed by atoms with Gasteiger partial charge < -0.3 is 102 Å². The first-order chi connectivity index (χ1) is 70.1. The summed E-state index contributed by atoms with van der Waals surface area (Å²) >= 11 is 0. The smallest absolute Gasteiger partial charge is 0.574 e. The number of alkyl halides is 3. The van der Waals surface area contributed by atoms with Crippen LogP contribution >= 0.6 is 0 Å². The molecule has 0 spiro atoms. The van der Waals surface area contributed by atoms with Crippen molar-refractivity contribution in [1.29, 1.82) is 0 Å². The zero-order chi connectivity index (χ0) is 101. The number of aryl methyl sites for hydroxylation is 7. The summed E-state index contributed by atoms with van der Waals surface area (Å²) in [5.74, 6) is 1.11. The second-order valence-corrected chi connectivity index (χ2v) is 36.4. The van der Waals surface area contributed by atoms with Crippen molar-refractivity contribution in [3.63, 3.8) is 0 Å². The molecular formula is C110H99F3N32Pt5. The summed E-state index contributed by atoms with van der Waals surface area (Å²) < 4.78 is 36.6. The van der Waals surface area contributed by atoms with Gasteiger partial charge in [-0.15, -0.1) is 0 Å². The van der Waals surface area contributed by atoms with Crippen LogP contribution in [0.3, 0.4) is 0 Å². The van der Waals surface area contributed by atoms with Gasteiger partial charge in [0, 0.05) is 181 Å². The van der Waals surface area contributed by atoms with Gasteiger partial charge in [0.15, 0.2) is 0 Å². The van der Waals surface area contributed by atoms with Gasteiger partial charge in [-0.25, -0.2) is 0 Å². The van der Waals surface area contributed by atoms with Crippen LogP contribution in [0.5, 0.6) is 0 Å². The van der Waals surface area contributed by atoms with Gasteiger partial charge in [-0.3, -0.25) is 59.8 Å². The number of aromatic nitrogens is 32. The Morgan fingerprint density at radius 2 is 0.493 bits per heavy atom. The number of pyridine rings is 8. The topological polar surface area (TPSA) is 425 Å². The molecule has 0 amide bonds. The van der Waals surface area contributed by atoms with E-state index in [-0.39, 0.29) is 133 Å². The number of nitrogens with zero attached hydrogens (tertiary/aromatic N) is 32. The van der Waals surface area contributed by atoms with Crippen LogP contribution in [0.1, 0.15) is 147 Å². The molecule has 4 aliphatic carbocycles. The molecule has 26 rings (SSSR count). The van der Waals surface area contributed by atoms with Gasteiger partial charge in [0.05, 0.1) is 35.2 Å². The molecule has 4 unspecified atom stereocenters. The van der Waals surface area contributed by atoms with E-state index in [0.29, 0.717) is 17.5 Å². The predicted octanol–water partition coefficient (Wildman–Crippen LogP) is 19.6. The van der Waals surface area contributed by atoms with Gasteiger partial charge in [0.2, 0.25) is 0 Å². The van der Waals surface area contributed by atoms with Crippen molar-refractivity contribution in [2.45, 2.75) is 145 Å². The normalized spacial score (nSPS) is 15.3. The number of hydrogen-bond donors (Lipinski definition) is 0. The maximum atomic E-state index is 12.2. The third-order valence-corrected chi connectivity index (χ3v) is 26.1. The quantitative estimate of drug-likeness (QED) is 0.123. The molecule has 20 aromatic heterocycles. The van der Waals surface area contributed by atoms with Crippen molar-refractivity contribution in [3.8, 4) is 114 Å². The zero-order valence-electron chi connectivity index (χ0n) is 83.4. The van der Waals surface area contributed by atoms with Crippen LogP contribution in [0.2, 0.25) is 0 Å². The number of fused-ring (bicyclic) bond motifs is 12. The molecule has 32 nitrogen and oxygen atoms in total. The number of halogens is 3. The average Bonchev–Trinajstić information content (AvgIpc) is 1.52. The van der Waals surface area contributed by atoms with E-state index in [9.17, 15) is 13.2 Å². The van der Waals surface area contributed by atoms with Gasteiger partial charge >= 0.3 is 112 Å². The summed E-state index contributed by atoms with van der Waals surface area (Å²) in [6.45, 7) is 27.7. The number of rotatable bonds is 10. The molecule has 4 bridgehead atoms. The first-order valence-corrected chi connectivity index (χ1v) is 46.8. The first-order valence-electron chi connectivity index (χ1n) is 46.8. The second-order valence-electron chi connectivity index (χ2n) is 36.4. The summed E-state index contributed by atoms with van der Waals surface area (Å²) in [5, 5.41) is 84.6. The van der Waals surface area contributed by atoms with Crippen LogP contribution in [-0.4, -0.2) is 111 Å². The van der Waals surface area contributed by atoms with E-state index in [2.05, 4.69) is 252 Å². The monoisotopic (exact) mass is 2900 g/mol. The standard InChI is InChI=1S/2C20H20N3.C9H5F3N3.5C9H8N3.2C8H7N4.5Pt/c2*1-19(2)14-8-9-20(19,3)18-16(14)17(22-23-18)15-10-12-6-4-5-7-13(12)11-21-15;10-9(11,12)8-5-7(14-15-8)6-3-1-2-4-13-6;5*1-7-6-9(12-11-7)8-4-2-3-5-10-8;2*1-6-4-7(12-11-6)8-5-9-2-3-10-8;;;;;/h2*4-7,10-11,14H,8-9H2,1-3H3;1-5H;5*2-6H,1H3;2*2-5H,1H3;;;;;/q10*-1;5*+2. The summed E-state index contributed by atoms with van der Waals surface area (Å²) in [7, 11) is 0. The Bertz CT molecular complexity index is 7040. The van der Waals surface area contributed by atoms with Gasteiger partial charge in [0.1, 0.15) is 5.69 Å². The van der Waals surface area contributed by atoms with Crippen molar-refractivity contribution in [1.82, 2.24) is 162 Å². The van der Waals surface area contributed by atoms with Crippen LogP contribution < -0.4 is 51.0 Å². The molecule has 2 fully saturated rings. The van der Waals surface area contributed by atoms with Crippen molar-refractivity contribution < 1.29 is 118 Å². The van der Waals surface area contributed by atoms with E-state index in [1.54, 1.807) is 86.4 Å². The summed E-state index contributed by atoms with van der Waals surface area (Å²) in [4.78, 5) is 50.1. The van der Waals surface area contributed by atoms with E-state index >= 15 is 0 Å². The Hall–Kier alpha value is -14.3. The SMILES string of the molecule is CC12CCC(c3c1n[n-]c3-c1cc3ccccc3cn1)C2(C)C.CC12CCC(c3c1n[n-]c3-c1cc3ccccc3cn1)C2(C)C.Cc1cc(-c2ccccn2)[n-]n1.Cc1cc(-c2ccccn2)[n-]n1.Cc1cc(-c2ccccn2)[n-]n1.Cc1cc(-c2ccccn2)[n-]n1.Cc1cc(-c2ccccn2)[n-]n1.Cc1cc(-c2cnccn2)[n-]n1.Cc1cc(-c2cnccn2)[n-]n1.FC(F)(F)c1cc(-c2ccccn2)[n-]n1.[Pt+2].[Pt+2].[Pt+2].[Pt+2].[Pt+2]. The fourth-order valence-corrected chi connectivity index (χ4v) is 17.9. The molecule has 2 saturated carbocycles. The molecule has 770 valence electrons. The summed E-state index contributed by atoms with van der Waals surface area (Å²) in [5.41, 5.74) is 27.6. The number of hydrogen-bond acceptors (Lipinski definition) is 22. The van der Waals surface area contributed by atoms with Gasteiger partial charge in [0.25, 0.3) is 0 Å². The van der Waals surface area contributed by atoms with Gasteiger partial charge in [-0.2, -0.15) is 13.2 Å². The fraction of sp³-hybridized carbons (Fsp3) is 0.218. The molecule has 150 heavy (non-hydrogen) atoms. The molecule has 22 aromatic rings. The third kappa shape index (κ3) is 26.9. The first kappa shape index (κ1) is 114. The van der Waals surface area contributed by atoms with Crippen LogP contribution in [0.15, 0.2) is 305 Å². The Morgan fingerprint density at radius 3 is 0.727 bits per heavy atom. The Kier molecular flexibility index (Phi) is 39.4. The predicted molar refractivity (Wildman–Crippen MR) is 543 cm³/mol. The van der Waals surface area contributed by atoms with E-state index in [4.69, 9.17) is 0 Å². The molecule has 0 aliphatic heterocycles. The Balaban J connectivity index is 0.000000149. The molecular weight excluding hydrogens is 2800 g/mol. The van der Waals surface area contributed by atoms with Crippen LogP contribution in [-0.2, 0) is 122 Å². The molecule has 40 heteroatoms.